The Labute approximate surface area is 118 Å². The van der Waals surface area contributed by atoms with Crippen LogP contribution in [0.5, 0.6) is 0 Å². The van der Waals surface area contributed by atoms with Crippen LogP contribution in [0.1, 0.15) is 16.1 Å². The highest BCUT2D eigenvalue weighted by molar-refractivity contribution is 7.07. The Kier molecular flexibility index (Phi) is 3.94. The van der Waals surface area contributed by atoms with E-state index in [1.54, 1.807) is 12.6 Å². The third kappa shape index (κ3) is 2.91. The van der Waals surface area contributed by atoms with Crippen molar-refractivity contribution in [2.45, 2.75) is 6.54 Å². The monoisotopic (exact) mass is 292 g/mol. The molecule has 0 aliphatic rings. The molecule has 0 spiro atoms. The fraction of sp³-hybridized carbons (Fsp3) is 0.167. The van der Waals surface area contributed by atoms with E-state index in [1.807, 2.05) is 5.38 Å². The van der Waals surface area contributed by atoms with Gasteiger partial charge in [0.1, 0.15) is 0 Å². The zero-order valence-electron chi connectivity index (χ0n) is 10.6. The molecule has 2 aromatic rings. The van der Waals surface area contributed by atoms with Gasteiger partial charge in [0.25, 0.3) is 11.6 Å². The number of nitro benzene ring substituents is 1. The number of nitrogens with two attached hydrogens (primary N) is 1. The van der Waals surface area contributed by atoms with Crippen molar-refractivity contribution in [3.63, 3.8) is 0 Å². The molecule has 0 aliphatic carbocycles. The maximum Gasteiger partial charge on any atom is 0.270 e. The first-order valence-corrected chi connectivity index (χ1v) is 6.59. The van der Waals surface area contributed by atoms with Crippen molar-refractivity contribution in [2.75, 3.05) is 12.8 Å². The number of hydrogen-bond donors (Lipinski definition) is 1. The minimum absolute atomic E-state index is 0.122. The molecule has 1 amide bonds. The maximum atomic E-state index is 12.3. The summed E-state index contributed by atoms with van der Waals surface area (Å²) in [5, 5.41) is 12.6. The van der Waals surface area contributed by atoms with Gasteiger partial charge in [0, 0.05) is 30.2 Å². The SMILES string of the molecule is CN(Cc1cscn1)C(=O)c1cc([N+](=O)[O-])ccc1N. The van der Waals surface area contributed by atoms with E-state index in [0.717, 1.165) is 5.69 Å². The summed E-state index contributed by atoms with van der Waals surface area (Å²) in [6.45, 7) is 0.324. The van der Waals surface area contributed by atoms with Gasteiger partial charge in [-0.25, -0.2) is 4.98 Å². The first-order valence-electron chi connectivity index (χ1n) is 5.65. The first kappa shape index (κ1) is 13.9. The van der Waals surface area contributed by atoms with Gasteiger partial charge in [0.2, 0.25) is 0 Å². The number of thiazole rings is 1. The van der Waals surface area contributed by atoms with E-state index in [4.69, 9.17) is 5.73 Å². The van der Waals surface area contributed by atoms with Gasteiger partial charge in [0.05, 0.1) is 28.2 Å². The summed E-state index contributed by atoms with van der Waals surface area (Å²) in [7, 11) is 1.60. The predicted molar refractivity (Wildman–Crippen MR) is 75.4 cm³/mol. The molecule has 1 aromatic carbocycles. The minimum atomic E-state index is -0.559. The number of nitro groups is 1. The summed E-state index contributed by atoms with van der Waals surface area (Å²) in [5.41, 5.74) is 8.33. The molecule has 2 rings (SSSR count). The summed E-state index contributed by atoms with van der Waals surface area (Å²) in [5.74, 6) is -0.376. The zero-order chi connectivity index (χ0) is 14.7. The molecule has 8 heteroatoms. The van der Waals surface area contributed by atoms with Crippen LogP contribution in [0.4, 0.5) is 11.4 Å². The second-order valence-corrected chi connectivity index (χ2v) is 4.89. The lowest BCUT2D eigenvalue weighted by Crippen LogP contribution is -2.27. The van der Waals surface area contributed by atoms with E-state index in [-0.39, 0.29) is 22.8 Å². The molecule has 104 valence electrons. The van der Waals surface area contributed by atoms with Crippen molar-refractivity contribution in [1.29, 1.82) is 0 Å². The number of hydrogen-bond acceptors (Lipinski definition) is 6. The van der Waals surface area contributed by atoms with Crippen molar-refractivity contribution in [2.24, 2.45) is 0 Å². The molecule has 20 heavy (non-hydrogen) atoms. The van der Waals surface area contributed by atoms with Crippen molar-refractivity contribution in [3.8, 4) is 0 Å². The number of nitrogen functional groups attached to an aromatic ring is 1. The molecule has 0 saturated heterocycles. The topological polar surface area (TPSA) is 102 Å². The van der Waals surface area contributed by atoms with E-state index >= 15 is 0 Å². The van der Waals surface area contributed by atoms with E-state index in [1.165, 1.54) is 34.4 Å². The number of amides is 1. The van der Waals surface area contributed by atoms with Gasteiger partial charge in [0.15, 0.2) is 0 Å². The lowest BCUT2D eigenvalue weighted by molar-refractivity contribution is -0.384. The van der Waals surface area contributed by atoms with Crippen LogP contribution < -0.4 is 5.73 Å². The van der Waals surface area contributed by atoms with Crippen LogP contribution in [0.2, 0.25) is 0 Å². The quantitative estimate of drug-likeness (QED) is 0.526. The number of rotatable bonds is 4. The Morgan fingerprint density at radius 2 is 2.30 bits per heavy atom. The summed E-state index contributed by atoms with van der Waals surface area (Å²) >= 11 is 1.44. The smallest absolute Gasteiger partial charge is 0.270 e. The average Bonchev–Trinajstić information content (AvgIpc) is 2.91. The largest absolute Gasteiger partial charge is 0.398 e. The van der Waals surface area contributed by atoms with Crippen LogP contribution in [0.3, 0.4) is 0 Å². The number of nitrogens with zero attached hydrogens (tertiary/aromatic N) is 3. The second-order valence-electron chi connectivity index (χ2n) is 4.17. The molecule has 0 fully saturated rings. The molecular formula is C12H12N4O3S. The molecule has 7 nitrogen and oxygen atoms in total. The third-order valence-electron chi connectivity index (χ3n) is 2.71. The van der Waals surface area contributed by atoms with Gasteiger partial charge in [-0.3, -0.25) is 14.9 Å². The van der Waals surface area contributed by atoms with Crippen LogP contribution in [-0.2, 0) is 6.54 Å². The molecule has 0 bridgehead atoms. The Hall–Kier alpha value is -2.48. The lowest BCUT2D eigenvalue weighted by Gasteiger charge is -2.16. The first-order chi connectivity index (χ1) is 9.49. The van der Waals surface area contributed by atoms with Crippen LogP contribution in [0, 0.1) is 10.1 Å². The highest BCUT2D eigenvalue weighted by Gasteiger charge is 2.19. The highest BCUT2D eigenvalue weighted by atomic mass is 32.1. The van der Waals surface area contributed by atoms with Crippen molar-refractivity contribution in [1.82, 2.24) is 9.88 Å². The summed E-state index contributed by atoms with van der Waals surface area (Å²) in [6, 6.07) is 3.82. The van der Waals surface area contributed by atoms with E-state index in [9.17, 15) is 14.9 Å². The van der Waals surface area contributed by atoms with E-state index in [2.05, 4.69) is 4.98 Å². The highest BCUT2D eigenvalue weighted by Crippen LogP contribution is 2.21. The molecule has 1 heterocycles. The van der Waals surface area contributed by atoms with Gasteiger partial charge in [-0.05, 0) is 6.07 Å². The van der Waals surface area contributed by atoms with E-state index < -0.39 is 4.92 Å². The maximum absolute atomic E-state index is 12.3. The standard InChI is InChI=1S/C12H12N4O3S/c1-15(5-8-6-20-7-14-8)12(17)10-4-9(16(18)19)2-3-11(10)13/h2-4,6-7H,5,13H2,1H3. The third-order valence-corrected chi connectivity index (χ3v) is 3.34. The molecule has 1 aromatic heterocycles. The number of carbonyl (C=O) groups excluding carboxylic acids is 1. The average molecular weight is 292 g/mol. The number of benzene rings is 1. The molecule has 0 aliphatic heterocycles. The van der Waals surface area contributed by atoms with Gasteiger partial charge < -0.3 is 10.6 Å². The fourth-order valence-corrected chi connectivity index (χ4v) is 2.23. The van der Waals surface area contributed by atoms with Gasteiger partial charge in [-0.2, -0.15) is 0 Å². The Balaban J connectivity index is 2.23. The van der Waals surface area contributed by atoms with Gasteiger partial charge >= 0.3 is 0 Å². The summed E-state index contributed by atoms with van der Waals surface area (Å²) in [4.78, 5) is 28.0. The summed E-state index contributed by atoms with van der Waals surface area (Å²) in [6.07, 6.45) is 0. The van der Waals surface area contributed by atoms with Crippen molar-refractivity contribution in [3.05, 3.63) is 50.5 Å². The number of non-ortho nitro benzene ring substituents is 1. The van der Waals surface area contributed by atoms with Crippen molar-refractivity contribution >= 4 is 28.6 Å². The van der Waals surface area contributed by atoms with E-state index in [0.29, 0.717) is 6.54 Å². The second kappa shape index (κ2) is 5.66. The van der Waals surface area contributed by atoms with Crippen LogP contribution in [0.25, 0.3) is 0 Å². The Morgan fingerprint density at radius 1 is 1.55 bits per heavy atom. The van der Waals surface area contributed by atoms with Crippen LogP contribution in [-0.4, -0.2) is 27.8 Å². The minimum Gasteiger partial charge on any atom is -0.398 e. The molecule has 0 unspecified atom stereocenters. The van der Waals surface area contributed by atoms with Crippen molar-refractivity contribution < 1.29 is 9.72 Å². The molecular weight excluding hydrogens is 280 g/mol. The zero-order valence-corrected chi connectivity index (χ0v) is 11.5. The molecule has 2 N–H and O–H groups in total. The summed E-state index contributed by atoms with van der Waals surface area (Å²) < 4.78 is 0. The predicted octanol–water partition coefficient (Wildman–Crippen LogP) is 1.91. The lowest BCUT2D eigenvalue weighted by atomic mass is 10.1. The molecule has 0 atom stereocenters. The molecule has 0 radical (unpaired) electrons. The number of carbonyl (C=O) groups is 1. The van der Waals surface area contributed by atoms with Crippen LogP contribution >= 0.6 is 11.3 Å². The Bertz CT molecular complexity index is 642. The normalized spacial score (nSPS) is 10.2. The van der Waals surface area contributed by atoms with Crippen LogP contribution in [0.15, 0.2) is 29.1 Å². The molecule has 0 saturated carbocycles. The number of aromatic nitrogens is 1. The Morgan fingerprint density at radius 3 is 2.90 bits per heavy atom. The number of anilines is 1. The van der Waals surface area contributed by atoms with Gasteiger partial charge in [-0.15, -0.1) is 11.3 Å². The van der Waals surface area contributed by atoms with Gasteiger partial charge in [-0.1, -0.05) is 0 Å². The fourth-order valence-electron chi connectivity index (χ4n) is 1.68.